The lowest BCUT2D eigenvalue weighted by Gasteiger charge is -2.09. The maximum absolute atomic E-state index is 14.2. The molecule has 3 aromatic heterocycles. The van der Waals surface area contributed by atoms with Gasteiger partial charge in [0, 0.05) is 49.2 Å². The molecule has 0 saturated heterocycles. The number of aldehydes is 2. The van der Waals surface area contributed by atoms with Gasteiger partial charge in [-0.05, 0) is 66.9 Å². The van der Waals surface area contributed by atoms with Crippen molar-refractivity contribution in [3.8, 4) is 22.4 Å². The van der Waals surface area contributed by atoms with E-state index in [1.54, 1.807) is 24.5 Å². The summed E-state index contributed by atoms with van der Waals surface area (Å²) in [5.74, 6) is 0.958. The molecule has 0 amide bonds. The molecule has 1 aromatic carbocycles. The molecular weight excluding hydrogens is 528 g/mol. The van der Waals surface area contributed by atoms with E-state index in [9.17, 15) is 27.2 Å². The second-order valence-electron chi connectivity index (χ2n) is 8.51. The summed E-state index contributed by atoms with van der Waals surface area (Å²) < 4.78 is 49.9. The first-order chi connectivity index (χ1) is 19.2. The normalized spacial score (nSPS) is 12.2. The molecule has 0 atom stereocenters. The molecular formula is C28H26F4N6O2. The molecule has 12 heteroatoms. The first-order valence-corrected chi connectivity index (χ1v) is 12.1. The van der Waals surface area contributed by atoms with Crippen LogP contribution in [0.25, 0.3) is 22.4 Å². The number of benzene rings is 1. The number of hydrogen-bond donors (Lipinski definition) is 2. The van der Waals surface area contributed by atoms with E-state index in [1.807, 2.05) is 38.4 Å². The minimum absolute atomic E-state index is 0.211. The fourth-order valence-electron chi connectivity index (χ4n) is 3.21. The van der Waals surface area contributed by atoms with Crippen molar-refractivity contribution in [2.45, 2.75) is 19.0 Å². The molecule has 0 bridgehead atoms. The standard InChI is InChI=1S/C18H17FN4.C6H3F3N2O.C4H6O/c1-20-14-3-4-16(19)15(11-14)12-5-7-22-17(9-12)13-6-8-23-18(10-13)21-2;7-6(8,9)4-1-5(3-12)11-10-2-4;5-3-4-1-2-4/h3-11,20H,1-2H3,(H,21,23);1-3H;3-4H,1-2H2. The lowest BCUT2D eigenvalue weighted by molar-refractivity contribution is -0.138. The number of rotatable bonds is 6. The van der Waals surface area contributed by atoms with Gasteiger partial charge >= 0.3 is 6.18 Å². The van der Waals surface area contributed by atoms with Crippen molar-refractivity contribution in [2.24, 2.45) is 5.92 Å². The zero-order chi connectivity index (χ0) is 29.1. The van der Waals surface area contributed by atoms with Crippen LogP contribution in [0.4, 0.5) is 29.1 Å². The van der Waals surface area contributed by atoms with Crippen LogP contribution in [0.1, 0.15) is 28.9 Å². The second-order valence-corrected chi connectivity index (χ2v) is 8.51. The monoisotopic (exact) mass is 554 g/mol. The summed E-state index contributed by atoms with van der Waals surface area (Å²) in [6.45, 7) is 0. The average molecular weight is 555 g/mol. The molecule has 208 valence electrons. The molecule has 0 aliphatic heterocycles. The Kier molecular flexibility index (Phi) is 10.3. The summed E-state index contributed by atoms with van der Waals surface area (Å²) >= 11 is 0. The van der Waals surface area contributed by atoms with Crippen molar-refractivity contribution >= 4 is 24.1 Å². The maximum atomic E-state index is 14.2. The highest BCUT2D eigenvalue weighted by atomic mass is 19.4. The molecule has 0 unspecified atom stereocenters. The summed E-state index contributed by atoms with van der Waals surface area (Å²) in [5, 5.41) is 12.2. The molecule has 5 rings (SSSR count). The van der Waals surface area contributed by atoms with Gasteiger partial charge in [0.05, 0.1) is 17.5 Å². The summed E-state index contributed by atoms with van der Waals surface area (Å²) in [6.07, 6.45) is 3.02. The minimum Gasteiger partial charge on any atom is -0.388 e. The van der Waals surface area contributed by atoms with Gasteiger partial charge in [0.2, 0.25) is 0 Å². The number of carbonyl (C=O) groups is 2. The van der Waals surface area contributed by atoms with Gasteiger partial charge in [0.1, 0.15) is 23.6 Å². The number of pyridine rings is 2. The van der Waals surface area contributed by atoms with Crippen molar-refractivity contribution in [2.75, 3.05) is 24.7 Å². The number of anilines is 2. The fraction of sp³-hybridized carbons (Fsp3) is 0.214. The zero-order valence-corrected chi connectivity index (χ0v) is 21.6. The van der Waals surface area contributed by atoms with Crippen LogP contribution < -0.4 is 10.6 Å². The SMILES string of the molecule is CNc1ccc(F)c(-c2ccnc(-c3ccnc(NC)c3)c2)c1.O=CC1CC1.O=Cc1cc(C(F)(F)F)cnn1. The number of nitrogens with one attached hydrogen (secondary N) is 2. The molecule has 8 nitrogen and oxygen atoms in total. The molecule has 0 spiro atoms. The maximum Gasteiger partial charge on any atom is 0.418 e. The predicted molar refractivity (Wildman–Crippen MR) is 143 cm³/mol. The van der Waals surface area contributed by atoms with E-state index < -0.39 is 11.7 Å². The Bertz CT molecular complexity index is 1440. The summed E-state index contributed by atoms with van der Waals surface area (Å²) in [5.41, 5.74) is 2.59. The van der Waals surface area contributed by atoms with E-state index in [-0.39, 0.29) is 17.8 Å². The Hall–Kier alpha value is -4.74. The number of alkyl halides is 3. The van der Waals surface area contributed by atoms with Crippen LogP contribution >= 0.6 is 0 Å². The highest BCUT2D eigenvalue weighted by molar-refractivity contribution is 5.74. The van der Waals surface area contributed by atoms with E-state index in [0.717, 1.165) is 47.5 Å². The third-order valence-electron chi connectivity index (χ3n) is 5.57. The van der Waals surface area contributed by atoms with E-state index in [1.165, 1.54) is 6.07 Å². The van der Waals surface area contributed by atoms with Crippen molar-refractivity contribution in [1.82, 2.24) is 20.2 Å². The largest absolute Gasteiger partial charge is 0.418 e. The van der Waals surface area contributed by atoms with E-state index in [4.69, 9.17) is 0 Å². The molecule has 1 aliphatic rings. The van der Waals surface area contributed by atoms with Crippen LogP contribution in [0.15, 0.2) is 67.1 Å². The molecule has 2 N–H and O–H groups in total. The topological polar surface area (TPSA) is 110 Å². The summed E-state index contributed by atoms with van der Waals surface area (Å²) in [7, 11) is 3.62. The van der Waals surface area contributed by atoms with Crippen LogP contribution in [0, 0.1) is 11.7 Å². The molecule has 40 heavy (non-hydrogen) atoms. The van der Waals surface area contributed by atoms with Crippen molar-refractivity contribution < 1.29 is 27.2 Å². The second kappa shape index (κ2) is 13.9. The Balaban J connectivity index is 0.000000214. The molecule has 1 fully saturated rings. The Morgan fingerprint density at radius 2 is 1.62 bits per heavy atom. The number of halogens is 4. The predicted octanol–water partition coefficient (Wildman–Crippen LogP) is 5.94. The molecule has 1 aliphatic carbocycles. The number of carbonyl (C=O) groups excluding carboxylic acids is 2. The van der Waals surface area contributed by atoms with Crippen LogP contribution in [0.3, 0.4) is 0 Å². The first-order valence-electron chi connectivity index (χ1n) is 12.1. The quantitative estimate of drug-likeness (QED) is 0.223. The number of nitrogens with zero attached hydrogens (tertiary/aromatic N) is 4. The van der Waals surface area contributed by atoms with Gasteiger partial charge in [-0.25, -0.2) is 9.37 Å². The highest BCUT2D eigenvalue weighted by Gasteiger charge is 2.31. The molecule has 0 radical (unpaired) electrons. The zero-order valence-electron chi connectivity index (χ0n) is 21.6. The Labute approximate surface area is 227 Å². The highest BCUT2D eigenvalue weighted by Crippen LogP contribution is 2.30. The lowest BCUT2D eigenvalue weighted by Crippen LogP contribution is -2.07. The van der Waals surface area contributed by atoms with Gasteiger partial charge in [-0.1, -0.05) is 0 Å². The third-order valence-corrected chi connectivity index (χ3v) is 5.57. The van der Waals surface area contributed by atoms with Crippen LogP contribution in [-0.4, -0.2) is 46.8 Å². The Morgan fingerprint density at radius 1 is 0.900 bits per heavy atom. The van der Waals surface area contributed by atoms with Crippen molar-refractivity contribution in [1.29, 1.82) is 0 Å². The smallest absolute Gasteiger partial charge is 0.388 e. The van der Waals surface area contributed by atoms with Gasteiger partial charge in [0.25, 0.3) is 0 Å². The molecule has 4 aromatic rings. The van der Waals surface area contributed by atoms with Gasteiger partial charge in [-0.3, -0.25) is 9.78 Å². The van der Waals surface area contributed by atoms with Gasteiger partial charge in [-0.2, -0.15) is 18.3 Å². The van der Waals surface area contributed by atoms with Gasteiger partial charge in [0.15, 0.2) is 6.29 Å². The summed E-state index contributed by atoms with van der Waals surface area (Å²) in [4.78, 5) is 28.2. The van der Waals surface area contributed by atoms with E-state index >= 15 is 0 Å². The average Bonchev–Trinajstić information content (AvgIpc) is 3.83. The van der Waals surface area contributed by atoms with E-state index in [2.05, 4.69) is 30.8 Å². The van der Waals surface area contributed by atoms with Gasteiger partial charge < -0.3 is 15.4 Å². The van der Waals surface area contributed by atoms with Crippen LogP contribution in [-0.2, 0) is 11.0 Å². The van der Waals surface area contributed by atoms with Crippen molar-refractivity contribution in [3.63, 3.8) is 0 Å². The van der Waals surface area contributed by atoms with Crippen LogP contribution in [0.5, 0.6) is 0 Å². The molecule has 3 heterocycles. The molecule has 1 saturated carbocycles. The van der Waals surface area contributed by atoms with Crippen molar-refractivity contribution in [3.05, 3.63) is 84.2 Å². The lowest BCUT2D eigenvalue weighted by atomic mass is 10.0. The van der Waals surface area contributed by atoms with Crippen LogP contribution in [0.2, 0.25) is 0 Å². The number of aromatic nitrogens is 4. The Morgan fingerprint density at radius 3 is 2.23 bits per heavy atom. The van der Waals surface area contributed by atoms with Gasteiger partial charge in [-0.15, -0.1) is 5.10 Å². The fourth-order valence-corrected chi connectivity index (χ4v) is 3.21. The minimum atomic E-state index is -4.48. The first kappa shape index (κ1) is 29.8. The summed E-state index contributed by atoms with van der Waals surface area (Å²) in [6, 6.07) is 13.1. The third kappa shape index (κ3) is 8.65. The van der Waals surface area contributed by atoms with E-state index in [0.29, 0.717) is 23.7 Å². The number of hydrogen-bond acceptors (Lipinski definition) is 8.